The second-order valence-corrected chi connectivity index (χ2v) is 3.80. The Balaban J connectivity index is 2.23. The molecule has 1 aliphatic rings. The molecule has 92 valence electrons. The Morgan fingerprint density at radius 1 is 1.41 bits per heavy atom. The van der Waals surface area contributed by atoms with Gasteiger partial charge in [-0.1, -0.05) is 0 Å². The lowest BCUT2D eigenvalue weighted by atomic mass is 10.1. The van der Waals surface area contributed by atoms with Gasteiger partial charge in [0, 0.05) is 30.4 Å². The summed E-state index contributed by atoms with van der Waals surface area (Å²) in [5.74, 6) is 5.93. The number of methoxy groups -OCH3 is 1. The number of nitrogens with zero attached hydrogens (tertiary/aromatic N) is 2. The Bertz CT molecular complexity index is 401. The molecule has 1 fully saturated rings. The molecule has 5 nitrogen and oxygen atoms in total. The third kappa shape index (κ3) is 2.68. The molecular weight excluding hydrogens is 218 g/mol. The average molecular weight is 235 g/mol. The van der Waals surface area contributed by atoms with Crippen molar-refractivity contribution in [1.82, 2.24) is 0 Å². The Morgan fingerprint density at radius 3 is 2.82 bits per heavy atom. The van der Waals surface area contributed by atoms with Gasteiger partial charge in [-0.3, -0.25) is 0 Å². The first-order chi connectivity index (χ1) is 8.35. The molecular formula is C12H17N3O2. The molecule has 0 unspecified atom stereocenters. The first-order valence-corrected chi connectivity index (χ1v) is 5.59. The molecule has 0 atom stereocenters. The highest BCUT2D eigenvalue weighted by molar-refractivity contribution is 5.84. The van der Waals surface area contributed by atoms with Crippen molar-refractivity contribution in [2.24, 2.45) is 10.9 Å². The number of hydrazone groups is 1. The summed E-state index contributed by atoms with van der Waals surface area (Å²) >= 11 is 0. The normalized spacial score (nSPS) is 16.4. The third-order valence-corrected chi connectivity index (χ3v) is 2.81. The van der Waals surface area contributed by atoms with Crippen molar-refractivity contribution in [3.8, 4) is 5.75 Å². The van der Waals surface area contributed by atoms with Crippen LogP contribution in [-0.4, -0.2) is 39.6 Å². The summed E-state index contributed by atoms with van der Waals surface area (Å²) in [6, 6.07) is 6.01. The zero-order valence-corrected chi connectivity index (χ0v) is 9.93. The van der Waals surface area contributed by atoms with Gasteiger partial charge < -0.3 is 20.2 Å². The zero-order valence-electron chi connectivity index (χ0n) is 9.93. The van der Waals surface area contributed by atoms with E-state index in [-0.39, 0.29) is 0 Å². The molecule has 0 saturated carbocycles. The van der Waals surface area contributed by atoms with Crippen LogP contribution in [-0.2, 0) is 4.74 Å². The van der Waals surface area contributed by atoms with Crippen molar-refractivity contribution in [3.05, 3.63) is 23.8 Å². The number of benzene rings is 1. The molecule has 0 spiro atoms. The van der Waals surface area contributed by atoms with Crippen molar-refractivity contribution < 1.29 is 9.47 Å². The van der Waals surface area contributed by atoms with Crippen molar-refractivity contribution in [2.75, 3.05) is 38.3 Å². The Labute approximate surface area is 101 Å². The smallest absolute Gasteiger partial charge is 0.129 e. The first-order valence-electron chi connectivity index (χ1n) is 5.59. The highest BCUT2D eigenvalue weighted by Gasteiger charge is 2.12. The highest BCUT2D eigenvalue weighted by atomic mass is 16.5. The molecule has 1 aliphatic heterocycles. The fraction of sp³-hybridized carbons (Fsp3) is 0.417. The minimum atomic E-state index is 0.772. The standard InChI is InChI=1S/C12H17N3O2/c1-16-12-8-11(3-2-10(12)9-14-13)15-4-6-17-7-5-15/h2-3,8-9H,4-7,13H2,1H3. The summed E-state index contributed by atoms with van der Waals surface area (Å²) in [6.45, 7) is 3.36. The molecule has 0 bridgehead atoms. The SMILES string of the molecule is COc1cc(N2CCOCC2)ccc1C=NN. The number of ether oxygens (including phenoxy) is 2. The van der Waals surface area contributed by atoms with E-state index >= 15 is 0 Å². The monoisotopic (exact) mass is 235 g/mol. The Hall–Kier alpha value is -1.75. The van der Waals surface area contributed by atoms with Crippen LogP contribution in [0.5, 0.6) is 5.75 Å². The van der Waals surface area contributed by atoms with E-state index in [2.05, 4.69) is 10.0 Å². The van der Waals surface area contributed by atoms with Crippen LogP contribution in [0, 0.1) is 0 Å². The number of hydrogen-bond acceptors (Lipinski definition) is 5. The van der Waals surface area contributed by atoms with Gasteiger partial charge in [-0.25, -0.2) is 0 Å². The van der Waals surface area contributed by atoms with E-state index in [9.17, 15) is 0 Å². The lowest BCUT2D eigenvalue weighted by Crippen LogP contribution is -2.36. The maximum atomic E-state index is 5.33. The summed E-state index contributed by atoms with van der Waals surface area (Å²) in [6.07, 6.45) is 1.59. The molecule has 1 aromatic carbocycles. The molecule has 17 heavy (non-hydrogen) atoms. The second-order valence-electron chi connectivity index (χ2n) is 3.80. The lowest BCUT2D eigenvalue weighted by molar-refractivity contribution is 0.122. The van der Waals surface area contributed by atoms with Gasteiger partial charge >= 0.3 is 0 Å². The van der Waals surface area contributed by atoms with Gasteiger partial charge in [0.15, 0.2) is 0 Å². The summed E-state index contributed by atoms with van der Waals surface area (Å²) in [4.78, 5) is 2.27. The topological polar surface area (TPSA) is 60.1 Å². The molecule has 1 aromatic rings. The van der Waals surface area contributed by atoms with Crippen molar-refractivity contribution in [2.45, 2.75) is 0 Å². The van der Waals surface area contributed by atoms with Gasteiger partial charge in [0.05, 0.1) is 26.5 Å². The van der Waals surface area contributed by atoms with Gasteiger partial charge in [0.25, 0.3) is 0 Å². The number of anilines is 1. The van der Waals surface area contributed by atoms with Gasteiger partial charge in [-0.05, 0) is 12.1 Å². The summed E-state index contributed by atoms with van der Waals surface area (Å²) in [5.41, 5.74) is 2.02. The highest BCUT2D eigenvalue weighted by Crippen LogP contribution is 2.25. The quantitative estimate of drug-likeness (QED) is 0.479. The predicted octanol–water partition coefficient (Wildman–Crippen LogP) is 0.824. The van der Waals surface area contributed by atoms with Gasteiger partial charge in [-0.2, -0.15) is 5.10 Å². The maximum absolute atomic E-state index is 5.33. The van der Waals surface area contributed by atoms with E-state index in [0.29, 0.717) is 0 Å². The molecule has 0 radical (unpaired) electrons. The fourth-order valence-corrected chi connectivity index (χ4v) is 1.91. The minimum absolute atomic E-state index is 0.772. The predicted molar refractivity (Wildman–Crippen MR) is 67.8 cm³/mol. The first kappa shape index (κ1) is 11.7. The zero-order chi connectivity index (χ0) is 12.1. The van der Waals surface area contributed by atoms with Crippen LogP contribution in [0.15, 0.2) is 23.3 Å². The van der Waals surface area contributed by atoms with Gasteiger partial charge in [0.2, 0.25) is 0 Å². The van der Waals surface area contributed by atoms with E-state index in [0.717, 1.165) is 43.3 Å². The van der Waals surface area contributed by atoms with Crippen LogP contribution in [0.4, 0.5) is 5.69 Å². The second kappa shape index (κ2) is 5.54. The molecule has 0 aromatic heterocycles. The van der Waals surface area contributed by atoms with Gasteiger partial charge in [-0.15, -0.1) is 0 Å². The van der Waals surface area contributed by atoms with E-state index < -0.39 is 0 Å². The van der Waals surface area contributed by atoms with E-state index in [1.54, 1.807) is 13.3 Å². The fourth-order valence-electron chi connectivity index (χ4n) is 1.91. The number of rotatable bonds is 3. The maximum Gasteiger partial charge on any atom is 0.129 e. The van der Waals surface area contributed by atoms with Crippen LogP contribution in [0.2, 0.25) is 0 Å². The summed E-state index contributed by atoms with van der Waals surface area (Å²) in [5, 5.41) is 3.52. The summed E-state index contributed by atoms with van der Waals surface area (Å²) < 4.78 is 10.7. The average Bonchev–Trinajstić information content (AvgIpc) is 2.40. The van der Waals surface area contributed by atoms with Gasteiger partial charge in [0.1, 0.15) is 5.75 Å². The number of nitrogens with two attached hydrogens (primary N) is 1. The van der Waals surface area contributed by atoms with E-state index in [1.165, 1.54) is 0 Å². The van der Waals surface area contributed by atoms with Crippen LogP contribution in [0.25, 0.3) is 0 Å². The number of hydrogen-bond donors (Lipinski definition) is 1. The van der Waals surface area contributed by atoms with E-state index in [4.69, 9.17) is 15.3 Å². The summed E-state index contributed by atoms with van der Waals surface area (Å²) in [7, 11) is 1.65. The van der Waals surface area contributed by atoms with Crippen LogP contribution < -0.4 is 15.5 Å². The lowest BCUT2D eigenvalue weighted by Gasteiger charge is -2.29. The Morgan fingerprint density at radius 2 is 2.18 bits per heavy atom. The van der Waals surface area contributed by atoms with Crippen molar-refractivity contribution >= 4 is 11.9 Å². The Kier molecular flexibility index (Phi) is 3.82. The molecule has 0 amide bonds. The van der Waals surface area contributed by atoms with Crippen molar-refractivity contribution in [3.63, 3.8) is 0 Å². The molecule has 2 N–H and O–H groups in total. The van der Waals surface area contributed by atoms with E-state index in [1.807, 2.05) is 18.2 Å². The minimum Gasteiger partial charge on any atom is -0.496 e. The molecule has 1 saturated heterocycles. The van der Waals surface area contributed by atoms with Crippen LogP contribution >= 0.6 is 0 Å². The molecule has 5 heteroatoms. The molecule has 0 aliphatic carbocycles. The van der Waals surface area contributed by atoms with Crippen LogP contribution in [0.1, 0.15) is 5.56 Å². The third-order valence-electron chi connectivity index (χ3n) is 2.81. The largest absolute Gasteiger partial charge is 0.496 e. The van der Waals surface area contributed by atoms with Crippen molar-refractivity contribution in [1.29, 1.82) is 0 Å². The molecule has 2 rings (SSSR count). The number of morpholine rings is 1. The molecule has 1 heterocycles. The van der Waals surface area contributed by atoms with Crippen LogP contribution in [0.3, 0.4) is 0 Å².